The summed E-state index contributed by atoms with van der Waals surface area (Å²) in [5.74, 6) is -2.40. The van der Waals surface area contributed by atoms with E-state index in [9.17, 15) is 27.2 Å². The van der Waals surface area contributed by atoms with E-state index in [-0.39, 0.29) is 16.9 Å². The van der Waals surface area contributed by atoms with E-state index in [0.717, 1.165) is 6.07 Å². The number of alkyl halides is 3. The number of hydrogen-bond acceptors (Lipinski definition) is 3. The molecule has 0 heterocycles. The molecule has 2 aromatic rings. The van der Waals surface area contributed by atoms with Crippen LogP contribution in [0, 0.1) is 5.82 Å². The van der Waals surface area contributed by atoms with E-state index in [0.29, 0.717) is 0 Å². The molecular weight excluding hydrogens is 344 g/mol. The van der Waals surface area contributed by atoms with Gasteiger partial charge in [-0.2, -0.15) is 13.2 Å². The molecule has 0 atom stereocenters. The van der Waals surface area contributed by atoms with Gasteiger partial charge in [0.05, 0.1) is 5.56 Å². The maximum Gasteiger partial charge on any atom is 0.422 e. The lowest BCUT2D eigenvalue weighted by atomic mass is 10.2. The van der Waals surface area contributed by atoms with Crippen LogP contribution in [0.3, 0.4) is 0 Å². The van der Waals surface area contributed by atoms with Gasteiger partial charge in [0.25, 0.3) is 11.8 Å². The fourth-order valence-electron chi connectivity index (χ4n) is 1.77. The van der Waals surface area contributed by atoms with Crippen molar-refractivity contribution in [2.45, 2.75) is 6.18 Å². The zero-order valence-corrected chi connectivity index (χ0v) is 12.6. The summed E-state index contributed by atoms with van der Waals surface area (Å²) in [7, 11) is 0. The first-order valence-corrected chi connectivity index (χ1v) is 6.91. The Hall–Kier alpha value is -3.10. The molecule has 132 valence electrons. The highest BCUT2D eigenvalue weighted by molar-refractivity contribution is 5.99. The summed E-state index contributed by atoms with van der Waals surface area (Å²) in [6.07, 6.45) is -4.47. The van der Waals surface area contributed by atoms with E-state index in [1.807, 2.05) is 5.43 Å². The zero-order valence-electron chi connectivity index (χ0n) is 12.6. The van der Waals surface area contributed by atoms with Gasteiger partial charge in [-0.25, -0.2) is 4.39 Å². The lowest BCUT2D eigenvalue weighted by Gasteiger charge is -2.10. The summed E-state index contributed by atoms with van der Waals surface area (Å²) in [4.78, 5) is 23.6. The highest BCUT2D eigenvalue weighted by Crippen LogP contribution is 2.18. The van der Waals surface area contributed by atoms with Crippen molar-refractivity contribution < 1.29 is 31.9 Å². The molecule has 0 saturated heterocycles. The Labute approximate surface area is 139 Å². The van der Waals surface area contributed by atoms with Gasteiger partial charge in [0.15, 0.2) is 6.61 Å². The Morgan fingerprint density at radius 3 is 2.12 bits per heavy atom. The van der Waals surface area contributed by atoms with Gasteiger partial charge in [-0.1, -0.05) is 12.1 Å². The maximum absolute atomic E-state index is 13.4. The molecule has 0 spiro atoms. The largest absolute Gasteiger partial charge is 0.484 e. The van der Waals surface area contributed by atoms with Crippen LogP contribution in [0.25, 0.3) is 0 Å². The maximum atomic E-state index is 13.4. The number of amides is 2. The zero-order chi connectivity index (χ0) is 18.4. The topological polar surface area (TPSA) is 67.4 Å². The van der Waals surface area contributed by atoms with Crippen molar-refractivity contribution in [1.82, 2.24) is 10.9 Å². The number of benzene rings is 2. The number of hydrogen-bond donors (Lipinski definition) is 2. The van der Waals surface area contributed by atoms with E-state index >= 15 is 0 Å². The molecule has 2 amide bonds. The first-order chi connectivity index (χ1) is 11.8. The molecule has 2 rings (SSSR count). The third-order valence-electron chi connectivity index (χ3n) is 2.93. The predicted octanol–water partition coefficient (Wildman–Crippen LogP) is 2.84. The van der Waals surface area contributed by atoms with E-state index < -0.39 is 30.4 Å². The van der Waals surface area contributed by atoms with E-state index in [4.69, 9.17) is 0 Å². The number of ether oxygens (including phenoxy) is 1. The smallest absolute Gasteiger partial charge is 0.422 e. The number of nitrogens with one attached hydrogen (secondary N) is 2. The van der Waals surface area contributed by atoms with E-state index in [1.54, 1.807) is 0 Å². The monoisotopic (exact) mass is 356 g/mol. The molecule has 9 heteroatoms. The highest BCUT2D eigenvalue weighted by atomic mass is 19.4. The van der Waals surface area contributed by atoms with Crippen LogP contribution in [-0.4, -0.2) is 24.6 Å². The summed E-state index contributed by atoms with van der Waals surface area (Å²) in [6, 6.07) is 10.00. The molecule has 0 aliphatic rings. The minimum atomic E-state index is -4.47. The summed E-state index contributed by atoms with van der Waals surface area (Å²) in [5, 5.41) is 0. The third kappa shape index (κ3) is 5.48. The number of hydrazine groups is 1. The molecular formula is C16H12F4N2O3. The van der Waals surface area contributed by atoms with Crippen LogP contribution < -0.4 is 15.6 Å². The summed E-state index contributed by atoms with van der Waals surface area (Å²) in [5.41, 5.74) is 3.93. The van der Waals surface area contributed by atoms with Gasteiger partial charge >= 0.3 is 6.18 Å². The van der Waals surface area contributed by atoms with Crippen LogP contribution in [0.2, 0.25) is 0 Å². The normalized spacial score (nSPS) is 10.9. The Morgan fingerprint density at radius 1 is 0.920 bits per heavy atom. The number of rotatable bonds is 4. The molecule has 2 N–H and O–H groups in total. The number of carbonyl (C=O) groups excluding carboxylic acids is 2. The van der Waals surface area contributed by atoms with Gasteiger partial charge in [0, 0.05) is 5.56 Å². The average Bonchev–Trinajstić information content (AvgIpc) is 2.58. The molecule has 25 heavy (non-hydrogen) atoms. The lowest BCUT2D eigenvalue weighted by Crippen LogP contribution is -2.41. The van der Waals surface area contributed by atoms with Crippen LogP contribution >= 0.6 is 0 Å². The Balaban J connectivity index is 1.90. The van der Waals surface area contributed by atoms with Crippen molar-refractivity contribution in [1.29, 1.82) is 0 Å². The van der Waals surface area contributed by atoms with Crippen molar-refractivity contribution in [3.63, 3.8) is 0 Å². The van der Waals surface area contributed by atoms with E-state index in [1.165, 1.54) is 42.5 Å². The van der Waals surface area contributed by atoms with Gasteiger partial charge in [-0.05, 0) is 36.4 Å². The van der Waals surface area contributed by atoms with Crippen LogP contribution in [0.15, 0.2) is 48.5 Å². The van der Waals surface area contributed by atoms with Gasteiger partial charge in [0.1, 0.15) is 11.6 Å². The molecule has 2 aromatic carbocycles. The average molecular weight is 356 g/mol. The van der Waals surface area contributed by atoms with E-state index in [2.05, 4.69) is 10.2 Å². The van der Waals surface area contributed by atoms with Gasteiger partial charge in [-0.3, -0.25) is 20.4 Å². The quantitative estimate of drug-likeness (QED) is 0.654. The first-order valence-electron chi connectivity index (χ1n) is 6.91. The van der Waals surface area contributed by atoms with Crippen molar-refractivity contribution in [3.8, 4) is 5.75 Å². The molecule has 5 nitrogen and oxygen atoms in total. The first kappa shape index (κ1) is 18.2. The molecule has 0 fully saturated rings. The fourth-order valence-corrected chi connectivity index (χ4v) is 1.77. The second-order valence-electron chi connectivity index (χ2n) is 4.82. The summed E-state index contributed by atoms with van der Waals surface area (Å²) < 4.78 is 54.0. The lowest BCUT2D eigenvalue weighted by molar-refractivity contribution is -0.153. The Morgan fingerprint density at radius 2 is 1.52 bits per heavy atom. The minimum absolute atomic E-state index is 0.0631. The van der Waals surface area contributed by atoms with Gasteiger partial charge in [0.2, 0.25) is 0 Å². The summed E-state index contributed by atoms with van der Waals surface area (Å²) in [6.45, 7) is -1.45. The number of carbonyl (C=O) groups is 2. The highest BCUT2D eigenvalue weighted by Gasteiger charge is 2.28. The minimum Gasteiger partial charge on any atom is -0.484 e. The SMILES string of the molecule is O=C(NNC(=O)c1ccccc1F)c1ccc(OCC(F)(F)F)cc1. The van der Waals surface area contributed by atoms with Crippen LogP contribution in [0.5, 0.6) is 5.75 Å². The van der Waals surface area contributed by atoms with Crippen LogP contribution in [0.4, 0.5) is 17.6 Å². The van der Waals surface area contributed by atoms with Gasteiger partial charge in [-0.15, -0.1) is 0 Å². The Bertz CT molecular complexity index is 761. The summed E-state index contributed by atoms with van der Waals surface area (Å²) >= 11 is 0. The molecule has 0 aliphatic carbocycles. The molecule has 0 unspecified atom stereocenters. The third-order valence-corrected chi connectivity index (χ3v) is 2.93. The van der Waals surface area contributed by atoms with Gasteiger partial charge < -0.3 is 4.74 Å². The Kier molecular flexibility index (Phi) is 5.58. The van der Waals surface area contributed by atoms with Crippen molar-refractivity contribution >= 4 is 11.8 Å². The van der Waals surface area contributed by atoms with Crippen LogP contribution in [0.1, 0.15) is 20.7 Å². The molecule has 0 aliphatic heterocycles. The molecule has 0 saturated carbocycles. The van der Waals surface area contributed by atoms with Crippen LogP contribution in [-0.2, 0) is 0 Å². The predicted molar refractivity (Wildman–Crippen MR) is 79.3 cm³/mol. The molecule has 0 aromatic heterocycles. The van der Waals surface area contributed by atoms with Crippen molar-refractivity contribution in [2.75, 3.05) is 6.61 Å². The molecule has 0 bridgehead atoms. The van der Waals surface area contributed by atoms with Crippen molar-refractivity contribution in [2.24, 2.45) is 0 Å². The molecule has 0 radical (unpaired) electrons. The number of halogens is 4. The standard InChI is InChI=1S/C16H12F4N2O3/c17-13-4-2-1-3-12(13)15(24)22-21-14(23)10-5-7-11(8-6-10)25-9-16(18,19)20/h1-8H,9H2,(H,21,23)(H,22,24). The second kappa shape index (κ2) is 7.65. The van der Waals surface area contributed by atoms with Crippen molar-refractivity contribution in [3.05, 3.63) is 65.5 Å². The second-order valence-corrected chi connectivity index (χ2v) is 4.82. The fraction of sp³-hybridized carbons (Fsp3) is 0.125.